The van der Waals surface area contributed by atoms with Crippen LogP contribution in [0.15, 0.2) is 76.2 Å². The van der Waals surface area contributed by atoms with Crippen molar-refractivity contribution < 1.29 is 5.11 Å². The standard InChI is InChI=1S/C23H20BrClN2O/c1-14-2-4-15(5-3-14)20-13-21(19-12-17(24)8-11-22(19)28)27-23(26-20)16-6-9-18(25)10-7-16/h2-12,21,23,27-28H,13H2,1H3/t21-,23+/m1/s1. The van der Waals surface area contributed by atoms with Gasteiger partial charge in [-0.1, -0.05) is 69.5 Å². The summed E-state index contributed by atoms with van der Waals surface area (Å²) < 4.78 is 0.935. The van der Waals surface area contributed by atoms with Crippen molar-refractivity contribution in [3.8, 4) is 5.75 Å². The molecule has 0 amide bonds. The molecule has 0 fully saturated rings. The van der Waals surface area contributed by atoms with E-state index in [1.54, 1.807) is 6.07 Å². The first-order valence-corrected chi connectivity index (χ1v) is 10.3. The Kier molecular flexibility index (Phi) is 5.54. The van der Waals surface area contributed by atoms with Gasteiger partial charge in [0.15, 0.2) is 0 Å². The van der Waals surface area contributed by atoms with Gasteiger partial charge in [0.25, 0.3) is 0 Å². The van der Waals surface area contributed by atoms with E-state index in [1.165, 1.54) is 5.56 Å². The lowest BCUT2D eigenvalue weighted by Gasteiger charge is -2.31. The molecule has 3 nitrogen and oxygen atoms in total. The molecule has 0 unspecified atom stereocenters. The highest BCUT2D eigenvalue weighted by Crippen LogP contribution is 2.36. The SMILES string of the molecule is Cc1ccc(C2=N[C@H](c3ccc(Cl)cc3)N[C@@H](c3cc(Br)ccc3O)C2)cc1. The third-order valence-electron chi connectivity index (χ3n) is 4.98. The molecule has 0 aliphatic carbocycles. The van der Waals surface area contributed by atoms with E-state index >= 15 is 0 Å². The van der Waals surface area contributed by atoms with Crippen molar-refractivity contribution >= 4 is 33.2 Å². The minimum atomic E-state index is -0.217. The molecule has 0 saturated heterocycles. The lowest BCUT2D eigenvalue weighted by atomic mass is 9.93. The number of phenols is 1. The van der Waals surface area contributed by atoms with E-state index in [4.69, 9.17) is 16.6 Å². The van der Waals surface area contributed by atoms with Crippen LogP contribution in [0.25, 0.3) is 0 Å². The molecule has 1 aliphatic rings. The van der Waals surface area contributed by atoms with Gasteiger partial charge in [-0.3, -0.25) is 10.3 Å². The zero-order chi connectivity index (χ0) is 19.7. The van der Waals surface area contributed by atoms with Crippen LogP contribution < -0.4 is 5.32 Å². The highest BCUT2D eigenvalue weighted by molar-refractivity contribution is 9.10. The molecule has 0 radical (unpaired) electrons. The number of aromatic hydroxyl groups is 1. The Balaban J connectivity index is 1.76. The summed E-state index contributed by atoms with van der Waals surface area (Å²) in [4.78, 5) is 4.98. The molecule has 142 valence electrons. The molecule has 5 heteroatoms. The van der Waals surface area contributed by atoms with E-state index in [2.05, 4.69) is 52.4 Å². The minimum absolute atomic E-state index is 0.0630. The molecule has 4 rings (SSSR count). The fourth-order valence-corrected chi connectivity index (χ4v) is 3.95. The predicted molar refractivity (Wildman–Crippen MR) is 118 cm³/mol. The molecule has 28 heavy (non-hydrogen) atoms. The number of nitrogens with zero attached hydrogens (tertiary/aromatic N) is 1. The Morgan fingerprint density at radius 2 is 1.75 bits per heavy atom. The Morgan fingerprint density at radius 1 is 1.04 bits per heavy atom. The van der Waals surface area contributed by atoms with Gasteiger partial charge in [-0.15, -0.1) is 0 Å². The summed E-state index contributed by atoms with van der Waals surface area (Å²) in [6.45, 7) is 2.08. The lowest BCUT2D eigenvalue weighted by molar-refractivity contribution is 0.412. The molecule has 0 spiro atoms. The van der Waals surface area contributed by atoms with Gasteiger partial charge in [-0.2, -0.15) is 0 Å². The molecule has 2 N–H and O–H groups in total. The van der Waals surface area contributed by atoms with E-state index in [9.17, 15) is 5.11 Å². The molecule has 1 heterocycles. The van der Waals surface area contributed by atoms with Crippen molar-refractivity contribution in [3.05, 3.63) is 98.5 Å². The van der Waals surface area contributed by atoms with E-state index in [0.29, 0.717) is 11.4 Å². The smallest absolute Gasteiger partial charge is 0.126 e. The topological polar surface area (TPSA) is 44.6 Å². The van der Waals surface area contributed by atoms with Gasteiger partial charge in [-0.05, 0) is 48.4 Å². The fraction of sp³-hybridized carbons (Fsp3) is 0.174. The van der Waals surface area contributed by atoms with Crippen LogP contribution in [-0.4, -0.2) is 10.8 Å². The number of nitrogens with one attached hydrogen (secondary N) is 1. The lowest BCUT2D eigenvalue weighted by Crippen LogP contribution is -2.33. The van der Waals surface area contributed by atoms with Crippen LogP contribution in [0.5, 0.6) is 5.75 Å². The maximum absolute atomic E-state index is 10.5. The summed E-state index contributed by atoms with van der Waals surface area (Å²) in [6.07, 6.45) is 0.475. The highest BCUT2D eigenvalue weighted by atomic mass is 79.9. The molecule has 1 aliphatic heterocycles. The van der Waals surface area contributed by atoms with Gasteiger partial charge in [0.2, 0.25) is 0 Å². The van der Waals surface area contributed by atoms with Crippen molar-refractivity contribution in [2.24, 2.45) is 4.99 Å². The van der Waals surface area contributed by atoms with E-state index in [0.717, 1.165) is 26.9 Å². The van der Waals surface area contributed by atoms with Gasteiger partial charge >= 0.3 is 0 Å². The number of aryl methyl sites for hydroxylation is 1. The van der Waals surface area contributed by atoms with Crippen molar-refractivity contribution in [2.75, 3.05) is 0 Å². The Morgan fingerprint density at radius 3 is 2.46 bits per heavy atom. The summed E-state index contributed by atoms with van der Waals surface area (Å²) in [5, 5.41) is 14.7. The molecule has 2 atom stereocenters. The monoisotopic (exact) mass is 454 g/mol. The third kappa shape index (κ3) is 4.14. The Bertz CT molecular complexity index is 1020. The summed E-state index contributed by atoms with van der Waals surface area (Å²) >= 11 is 9.57. The molecular weight excluding hydrogens is 436 g/mol. The van der Waals surface area contributed by atoms with Crippen LogP contribution >= 0.6 is 27.5 Å². The first kappa shape index (κ1) is 19.2. The Labute approximate surface area is 178 Å². The first-order valence-electron chi connectivity index (χ1n) is 9.13. The largest absolute Gasteiger partial charge is 0.508 e. The van der Waals surface area contributed by atoms with Crippen LogP contribution in [0.3, 0.4) is 0 Å². The van der Waals surface area contributed by atoms with Gasteiger partial charge in [0.05, 0.1) is 0 Å². The number of phenolic OH excluding ortho intramolecular Hbond substituents is 1. The van der Waals surface area contributed by atoms with Crippen molar-refractivity contribution in [3.63, 3.8) is 0 Å². The van der Waals surface area contributed by atoms with Gasteiger partial charge in [-0.25, -0.2) is 0 Å². The molecule has 3 aromatic rings. The Hall–Kier alpha value is -2.14. The summed E-state index contributed by atoms with van der Waals surface area (Å²) in [6, 6.07) is 21.6. The average molecular weight is 456 g/mol. The zero-order valence-corrected chi connectivity index (χ0v) is 17.7. The van der Waals surface area contributed by atoms with E-state index < -0.39 is 0 Å². The highest BCUT2D eigenvalue weighted by Gasteiger charge is 2.27. The van der Waals surface area contributed by atoms with E-state index in [-0.39, 0.29) is 18.0 Å². The maximum atomic E-state index is 10.5. The van der Waals surface area contributed by atoms with Crippen molar-refractivity contribution in [1.82, 2.24) is 5.32 Å². The second kappa shape index (κ2) is 8.08. The van der Waals surface area contributed by atoms with Crippen LogP contribution in [0, 0.1) is 6.92 Å². The fourth-order valence-electron chi connectivity index (χ4n) is 3.45. The average Bonchev–Trinajstić information content (AvgIpc) is 2.70. The molecule has 3 aromatic carbocycles. The van der Waals surface area contributed by atoms with Gasteiger partial charge in [0.1, 0.15) is 11.9 Å². The second-order valence-electron chi connectivity index (χ2n) is 7.02. The number of benzene rings is 3. The van der Waals surface area contributed by atoms with Crippen LogP contribution in [-0.2, 0) is 0 Å². The van der Waals surface area contributed by atoms with E-state index in [1.807, 2.05) is 36.4 Å². The van der Waals surface area contributed by atoms with Crippen molar-refractivity contribution in [2.45, 2.75) is 25.6 Å². The number of halogens is 2. The number of hydrogen-bond donors (Lipinski definition) is 2. The van der Waals surface area contributed by atoms with Crippen molar-refractivity contribution in [1.29, 1.82) is 0 Å². The predicted octanol–water partition coefficient (Wildman–Crippen LogP) is 6.34. The summed E-state index contributed by atoms with van der Waals surface area (Å²) in [5.74, 6) is 0.278. The zero-order valence-electron chi connectivity index (χ0n) is 15.4. The van der Waals surface area contributed by atoms with Crippen LogP contribution in [0.2, 0.25) is 5.02 Å². The summed E-state index contributed by atoms with van der Waals surface area (Å²) in [5.41, 5.74) is 5.23. The second-order valence-corrected chi connectivity index (χ2v) is 8.37. The minimum Gasteiger partial charge on any atom is -0.508 e. The van der Waals surface area contributed by atoms with Gasteiger partial charge in [0, 0.05) is 33.2 Å². The number of hydrogen-bond acceptors (Lipinski definition) is 3. The van der Waals surface area contributed by atoms with Gasteiger partial charge < -0.3 is 5.11 Å². The maximum Gasteiger partial charge on any atom is 0.126 e. The molecular formula is C23H20BrClN2O. The first-order chi connectivity index (χ1) is 13.5. The quantitative estimate of drug-likeness (QED) is 0.484. The van der Waals surface area contributed by atoms with Crippen LogP contribution in [0.4, 0.5) is 0 Å². The molecule has 0 bridgehead atoms. The normalized spacial score (nSPS) is 19.3. The molecule has 0 aromatic heterocycles. The number of rotatable bonds is 3. The molecule has 0 saturated carbocycles. The summed E-state index contributed by atoms with van der Waals surface area (Å²) in [7, 11) is 0. The third-order valence-corrected chi connectivity index (χ3v) is 5.72. The van der Waals surface area contributed by atoms with Crippen LogP contribution in [0.1, 0.15) is 40.9 Å². The number of aliphatic imine (C=N–C) groups is 1.